The van der Waals surface area contributed by atoms with Crippen LogP contribution >= 0.6 is 0 Å². The van der Waals surface area contributed by atoms with E-state index in [1.165, 1.54) is 12.1 Å². The summed E-state index contributed by atoms with van der Waals surface area (Å²) in [7, 11) is 0. The van der Waals surface area contributed by atoms with Gasteiger partial charge in [0, 0.05) is 31.2 Å². The Morgan fingerprint density at radius 2 is 1.93 bits per heavy atom. The van der Waals surface area contributed by atoms with Crippen molar-refractivity contribution in [1.29, 1.82) is 0 Å². The molecule has 0 aliphatic carbocycles. The van der Waals surface area contributed by atoms with Gasteiger partial charge >= 0.3 is 0 Å². The van der Waals surface area contributed by atoms with E-state index < -0.39 is 0 Å². The molecule has 1 aromatic carbocycles. The number of rotatable bonds is 6. The van der Waals surface area contributed by atoms with E-state index in [9.17, 15) is 4.39 Å². The number of ether oxygens (including phenoxy) is 1. The summed E-state index contributed by atoms with van der Waals surface area (Å²) in [6, 6.07) is 11.3. The smallest absolute Gasteiger partial charge is 0.219 e. The Hall–Kier alpha value is -3.81. The van der Waals surface area contributed by atoms with Crippen LogP contribution in [0.2, 0.25) is 0 Å². The molecule has 0 bridgehead atoms. The quantitative estimate of drug-likeness (QED) is 0.565. The minimum Gasteiger partial charge on any atom is -0.439 e. The highest BCUT2D eigenvalue weighted by Gasteiger charge is 2.03. The molecule has 4 aromatic rings. The highest BCUT2D eigenvalue weighted by Crippen LogP contribution is 2.19. The van der Waals surface area contributed by atoms with Gasteiger partial charge in [-0.15, -0.1) is 0 Å². The van der Waals surface area contributed by atoms with Gasteiger partial charge in [-0.05, 0) is 35.9 Å². The van der Waals surface area contributed by atoms with Crippen LogP contribution in [0.1, 0.15) is 5.56 Å². The number of nitrogens with zero attached hydrogens (tertiary/aromatic N) is 5. The van der Waals surface area contributed by atoms with Crippen molar-refractivity contribution in [2.75, 3.05) is 5.32 Å². The Bertz CT molecular complexity index is 1000. The maximum atomic E-state index is 12.9. The van der Waals surface area contributed by atoms with Crippen molar-refractivity contribution in [2.45, 2.75) is 6.54 Å². The molecule has 0 aliphatic rings. The summed E-state index contributed by atoms with van der Waals surface area (Å²) < 4.78 is 20.1. The lowest BCUT2D eigenvalue weighted by Crippen LogP contribution is -2.05. The lowest BCUT2D eigenvalue weighted by Gasteiger charge is -2.08. The lowest BCUT2D eigenvalue weighted by molar-refractivity contribution is 0.461. The molecule has 3 heterocycles. The molecule has 0 atom stereocenters. The second-order valence-corrected chi connectivity index (χ2v) is 5.63. The van der Waals surface area contributed by atoms with Crippen LogP contribution in [0.15, 0.2) is 73.4 Å². The van der Waals surface area contributed by atoms with Gasteiger partial charge in [0.05, 0.1) is 12.4 Å². The molecule has 27 heavy (non-hydrogen) atoms. The molecule has 0 amide bonds. The number of nitrogens with one attached hydrogen (secondary N) is 1. The summed E-state index contributed by atoms with van der Waals surface area (Å²) in [5, 5.41) is 7.34. The van der Waals surface area contributed by atoms with Gasteiger partial charge in [0.2, 0.25) is 5.88 Å². The van der Waals surface area contributed by atoms with Gasteiger partial charge in [-0.25, -0.2) is 19.0 Å². The molecule has 0 saturated heterocycles. The van der Waals surface area contributed by atoms with Gasteiger partial charge in [-0.2, -0.15) is 5.10 Å². The minimum atomic E-state index is -0.309. The average molecular weight is 362 g/mol. The van der Waals surface area contributed by atoms with Crippen LogP contribution in [0.5, 0.6) is 11.6 Å². The molecule has 3 aromatic heterocycles. The summed E-state index contributed by atoms with van der Waals surface area (Å²) >= 11 is 0. The number of aromatic nitrogens is 5. The molecule has 0 aliphatic heterocycles. The summed E-state index contributed by atoms with van der Waals surface area (Å²) in [4.78, 5) is 12.9. The van der Waals surface area contributed by atoms with Crippen LogP contribution in [0.4, 0.5) is 10.2 Å². The van der Waals surface area contributed by atoms with E-state index in [2.05, 4.69) is 25.4 Å². The van der Waals surface area contributed by atoms with Crippen molar-refractivity contribution in [3.8, 4) is 17.4 Å². The molecule has 0 saturated carbocycles. The largest absolute Gasteiger partial charge is 0.439 e. The second kappa shape index (κ2) is 7.61. The molecule has 1 N–H and O–H groups in total. The topological polar surface area (TPSA) is 77.8 Å². The minimum absolute atomic E-state index is 0.309. The first-order valence-corrected chi connectivity index (χ1v) is 8.20. The molecule has 0 fully saturated rings. The molecule has 134 valence electrons. The first-order valence-electron chi connectivity index (χ1n) is 8.20. The first-order chi connectivity index (χ1) is 13.3. The molecular formula is C19H15FN6O. The van der Waals surface area contributed by atoms with Crippen LogP contribution in [0.3, 0.4) is 0 Å². The van der Waals surface area contributed by atoms with E-state index in [-0.39, 0.29) is 5.82 Å². The van der Waals surface area contributed by atoms with Gasteiger partial charge in [0.15, 0.2) is 5.82 Å². The molecule has 7 nitrogen and oxygen atoms in total. The Kier molecular flexibility index (Phi) is 4.69. The molecular weight excluding hydrogens is 347 g/mol. The van der Waals surface area contributed by atoms with E-state index in [0.717, 1.165) is 5.56 Å². The maximum Gasteiger partial charge on any atom is 0.219 e. The van der Waals surface area contributed by atoms with E-state index in [4.69, 9.17) is 4.74 Å². The fourth-order valence-corrected chi connectivity index (χ4v) is 2.35. The van der Waals surface area contributed by atoms with Crippen molar-refractivity contribution in [3.63, 3.8) is 0 Å². The molecule has 0 radical (unpaired) electrons. The van der Waals surface area contributed by atoms with E-state index in [1.54, 1.807) is 53.9 Å². The highest BCUT2D eigenvalue weighted by atomic mass is 19.1. The van der Waals surface area contributed by atoms with E-state index in [1.807, 2.05) is 12.1 Å². The van der Waals surface area contributed by atoms with Crippen molar-refractivity contribution >= 4 is 5.82 Å². The Balaban J connectivity index is 1.37. The monoisotopic (exact) mass is 362 g/mol. The van der Waals surface area contributed by atoms with E-state index >= 15 is 0 Å². The van der Waals surface area contributed by atoms with E-state index in [0.29, 0.717) is 29.8 Å². The normalized spacial score (nSPS) is 10.6. The van der Waals surface area contributed by atoms with Crippen LogP contribution in [-0.4, -0.2) is 24.7 Å². The second-order valence-electron chi connectivity index (χ2n) is 5.63. The van der Waals surface area contributed by atoms with Gasteiger partial charge < -0.3 is 10.1 Å². The number of halogens is 1. The number of anilines is 1. The van der Waals surface area contributed by atoms with Crippen LogP contribution in [0, 0.1) is 5.82 Å². The zero-order valence-electron chi connectivity index (χ0n) is 14.2. The van der Waals surface area contributed by atoms with Crippen LogP contribution in [-0.2, 0) is 6.54 Å². The highest BCUT2D eigenvalue weighted by molar-refractivity contribution is 5.37. The van der Waals surface area contributed by atoms with Gasteiger partial charge in [0.25, 0.3) is 0 Å². The molecule has 8 heteroatoms. The van der Waals surface area contributed by atoms with Gasteiger partial charge in [-0.1, -0.05) is 6.07 Å². The first kappa shape index (κ1) is 16.6. The summed E-state index contributed by atoms with van der Waals surface area (Å²) in [6.45, 7) is 0.529. The summed E-state index contributed by atoms with van der Waals surface area (Å²) in [5.74, 6) is 1.92. The molecule has 0 spiro atoms. The summed E-state index contributed by atoms with van der Waals surface area (Å²) in [5.41, 5.74) is 0.952. The third kappa shape index (κ3) is 4.24. The Labute approximate surface area is 154 Å². The predicted molar refractivity (Wildman–Crippen MR) is 97.2 cm³/mol. The SMILES string of the molecule is Fc1ccc(Oc2ccc(CNc3cncc(-n4cccn4)n3)cn2)cc1. The third-order valence-corrected chi connectivity index (χ3v) is 3.67. The van der Waals surface area contributed by atoms with Gasteiger partial charge in [0.1, 0.15) is 17.4 Å². The Morgan fingerprint density at radius 1 is 1.04 bits per heavy atom. The average Bonchev–Trinajstić information content (AvgIpc) is 3.24. The lowest BCUT2D eigenvalue weighted by atomic mass is 10.3. The zero-order chi connectivity index (χ0) is 18.5. The third-order valence-electron chi connectivity index (χ3n) is 3.67. The van der Waals surface area contributed by atoms with Crippen molar-refractivity contribution in [2.24, 2.45) is 0 Å². The molecule has 0 unspecified atom stereocenters. The van der Waals surface area contributed by atoms with Crippen LogP contribution < -0.4 is 10.1 Å². The number of benzene rings is 1. The van der Waals surface area contributed by atoms with Gasteiger partial charge in [-0.3, -0.25) is 4.98 Å². The van der Waals surface area contributed by atoms with Crippen LogP contribution in [0.25, 0.3) is 5.82 Å². The predicted octanol–water partition coefficient (Wildman–Crippen LogP) is 3.60. The standard InChI is InChI=1S/C19H15FN6O/c20-15-3-5-16(6-4-15)27-19-7-2-14(11-23-19)10-22-17-12-21-13-18(25-17)26-9-1-8-24-26/h1-9,11-13H,10H2,(H,22,25). The maximum absolute atomic E-state index is 12.9. The molecule has 4 rings (SSSR count). The fourth-order valence-electron chi connectivity index (χ4n) is 2.35. The number of hydrogen-bond donors (Lipinski definition) is 1. The van der Waals surface area contributed by atoms with Crippen molar-refractivity contribution < 1.29 is 9.13 Å². The number of pyridine rings is 1. The van der Waals surface area contributed by atoms with Crippen molar-refractivity contribution in [1.82, 2.24) is 24.7 Å². The summed E-state index contributed by atoms with van der Waals surface area (Å²) in [6.07, 6.45) is 8.48. The van der Waals surface area contributed by atoms with Crippen molar-refractivity contribution in [3.05, 3.63) is 84.8 Å². The Morgan fingerprint density at radius 3 is 2.67 bits per heavy atom. The number of hydrogen-bond acceptors (Lipinski definition) is 6. The fraction of sp³-hybridized carbons (Fsp3) is 0.0526. The zero-order valence-corrected chi connectivity index (χ0v) is 14.2.